The highest BCUT2D eigenvalue weighted by molar-refractivity contribution is 6.41. The minimum Gasteiger partial charge on any atom is -0.492 e. The Morgan fingerprint density at radius 1 is 0.500 bits per heavy atom. The summed E-state index contributed by atoms with van der Waals surface area (Å²) in [5.41, 5.74) is 0.00383. The fraction of sp³-hybridized carbons (Fsp3) is 0.378. The zero-order valence-corrected chi connectivity index (χ0v) is 43.4. The first-order valence-electron chi connectivity index (χ1n) is 21.3. The van der Waals surface area contributed by atoms with E-state index < -0.39 is 16.7 Å². The zero-order chi connectivity index (χ0) is 50.0. The Hall–Kier alpha value is -4.32. The summed E-state index contributed by atoms with van der Waals surface area (Å²) in [4.78, 5) is 45.8. The number of ether oxygens (including phenoxy) is 3. The molecule has 0 saturated heterocycles. The van der Waals surface area contributed by atoms with Crippen LogP contribution in [0, 0.1) is 0 Å². The molecule has 0 amide bonds. The molecule has 2 N–H and O–H groups in total. The number of hydrogen-bond acceptors (Lipinski definition) is 11. The monoisotopic (exact) mass is 1090 g/mol. The van der Waals surface area contributed by atoms with Crippen molar-refractivity contribution in [3.05, 3.63) is 160 Å². The molecule has 0 saturated carbocycles. The van der Waals surface area contributed by atoms with Gasteiger partial charge in [0.05, 0.1) is 62.7 Å². The van der Waals surface area contributed by atoms with Crippen LogP contribution in [0.3, 0.4) is 0 Å². The van der Waals surface area contributed by atoms with E-state index in [1.165, 1.54) is 34.0 Å². The van der Waals surface area contributed by atoms with E-state index in [0.29, 0.717) is 63.7 Å². The predicted octanol–water partition coefficient (Wildman–Crippen LogP) is 12.1. The Kier molecular flexibility index (Phi) is 27.1. The highest BCUT2D eigenvalue weighted by Gasteiger charge is 2.13. The Morgan fingerprint density at radius 3 is 1.46 bits per heavy atom. The molecule has 0 unspecified atom stereocenters. The van der Waals surface area contributed by atoms with Crippen molar-refractivity contribution in [3.63, 3.8) is 0 Å². The fourth-order valence-electron chi connectivity index (χ4n) is 5.34. The number of nitrogens with one attached hydrogen (secondary N) is 2. The molecule has 6 rings (SSSR count). The Bertz CT molecular complexity index is 2740. The van der Waals surface area contributed by atoms with E-state index in [1.54, 1.807) is 42.6 Å². The van der Waals surface area contributed by atoms with Crippen LogP contribution in [0.4, 0.5) is 0 Å². The van der Waals surface area contributed by atoms with Gasteiger partial charge in [0.2, 0.25) is 0 Å². The van der Waals surface area contributed by atoms with Crippen LogP contribution in [0.5, 0.6) is 17.2 Å². The number of unbranched alkanes of at least 4 members (excludes halogenated alkanes) is 6. The lowest BCUT2D eigenvalue weighted by Crippen LogP contribution is -2.24. The van der Waals surface area contributed by atoms with E-state index in [4.69, 9.17) is 107 Å². The first-order chi connectivity index (χ1) is 32.6. The molecule has 6 aromatic rings. The van der Waals surface area contributed by atoms with Crippen molar-refractivity contribution >= 4 is 92.8 Å². The summed E-state index contributed by atoms with van der Waals surface area (Å²) in [6.45, 7) is 8.54. The first kappa shape index (κ1) is 58.0. The third-order valence-electron chi connectivity index (χ3n) is 9.01. The smallest absolute Gasteiger partial charge is 0.289 e. The minimum absolute atomic E-state index is 0.0216. The molecule has 0 aliphatic rings. The van der Waals surface area contributed by atoms with Crippen LogP contribution in [-0.4, -0.2) is 59.8 Å². The van der Waals surface area contributed by atoms with Crippen LogP contribution in [0.2, 0.25) is 40.2 Å². The summed E-state index contributed by atoms with van der Waals surface area (Å²) >= 11 is 46.5. The number of nitrogens with zero attached hydrogens (tertiary/aromatic N) is 6. The molecule has 4 aromatic heterocycles. The molecule has 0 aliphatic carbocycles. The SMILES string of the molecule is CCCCCOc1cn[nH]c(=O)c1Cl.CCCCCOc1cnn(Cc2ccc(Cl)cc2Cl)c(=O)c1.CCCCCOc1cnn(Cc2ccc(Cl)cc2Cl)c(=O)c1Cl.O=c1[nH]ncc(Cl)c1Cl. The third kappa shape index (κ3) is 20.3. The molecule has 4 heterocycles. The normalized spacial score (nSPS) is 10.5. The predicted molar refractivity (Wildman–Crippen MR) is 273 cm³/mol. The quantitative estimate of drug-likeness (QED) is 0.0734. The van der Waals surface area contributed by atoms with E-state index in [2.05, 4.69) is 51.4 Å². The van der Waals surface area contributed by atoms with Gasteiger partial charge in [-0.15, -0.1) is 0 Å². The van der Waals surface area contributed by atoms with E-state index >= 15 is 0 Å². The summed E-state index contributed by atoms with van der Waals surface area (Å²) in [7, 11) is 0. The van der Waals surface area contributed by atoms with Crippen LogP contribution < -0.4 is 36.4 Å². The van der Waals surface area contributed by atoms with Gasteiger partial charge in [-0.25, -0.2) is 19.6 Å². The molecule has 0 atom stereocenters. The van der Waals surface area contributed by atoms with Crippen LogP contribution in [0.15, 0.2) is 86.4 Å². The number of hydrogen-bond donors (Lipinski definition) is 2. The number of aromatic nitrogens is 8. The highest BCUT2D eigenvalue weighted by Crippen LogP contribution is 2.24. The van der Waals surface area contributed by atoms with Gasteiger partial charge < -0.3 is 14.2 Å². The Morgan fingerprint density at radius 2 is 0.971 bits per heavy atom. The topological polar surface area (TPSA) is 189 Å². The van der Waals surface area contributed by atoms with Gasteiger partial charge in [0.1, 0.15) is 10.8 Å². The van der Waals surface area contributed by atoms with Gasteiger partial charge in [-0.05, 0) is 54.7 Å². The van der Waals surface area contributed by atoms with Crippen molar-refractivity contribution < 1.29 is 14.2 Å². The minimum atomic E-state index is -0.468. The van der Waals surface area contributed by atoms with E-state index in [9.17, 15) is 19.2 Å². The lowest BCUT2D eigenvalue weighted by atomic mass is 10.2. The van der Waals surface area contributed by atoms with Gasteiger partial charge in [-0.3, -0.25) is 19.2 Å². The molecule has 2 aromatic carbocycles. The zero-order valence-electron chi connectivity index (χ0n) is 37.3. The molecule has 0 spiro atoms. The van der Waals surface area contributed by atoms with Gasteiger partial charge in [0, 0.05) is 26.2 Å². The van der Waals surface area contributed by atoms with E-state index in [0.717, 1.165) is 68.9 Å². The molecule has 0 bridgehead atoms. The Labute approximate surface area is 432 Å². The second-order valence-corrected chi connectivity index (χ2v) is 17.6. The number of H-pyrrole nitrogens is 2. The molecular weight excluding hydrogens is 1050 g/mol. The summed E-state index contributed by atoms with van der Waals surface area (Å²) in [6.07, 6.45) is 15.2. The molecule has 368 valence electrons. The van der Waals surface area contributed by atoms with Gasteiger partial charge in [0.15, 0.2) is 21.5 Å². The molecule has 0 fully saturated rings. The van der Waals surface area contributed by atoms with Crippen molar-refractivity contribution in [2.45, 2.75) is 91.6 Å². The second kappa shape index (κ2) is 31.7. The van der Waals surface area contributed by atoms with Crippen LogP contribution >= 0.6 is 92.8 Å². The van der Waals surface area contributed by atoms with Crippen molar-refractivity contribution in [1.82, 2.24) is 40.0 Å². The summed E-state index contributed by atoms with van der Waals surface area (Å²) < 4.78 is 18.9. The van der Waals surface area contributed by atoms with Crippen LogP contribution in [0.25, 0.3) is 0 Å². The van der Waals surface area contributed by atoms with Crippen molar-refractivity contribution in [2.75, 3.05) is 19.8 Å². The fourth-order valence-corrected chi connectivity index (χ4v) is 6.85. The average Bonchev–Trinajstić information content (AvgIpc) is 3.31. The highest BCUT2D eigenvalue weighted by atomic mass is 35.5. The lowest BCUT2D eigenvalue weighted by Gasteiger charge is -2.10. The molecule has 68 heavy (non-hydrogen) atoms. The molecule has 0 radical (unpaired) electrons. The van der Waals surface area contributed by atoms with Crippen LogP contribution in [0.1, 0.15) is 89.7 Å². The van der Waals surface area contributed by atoms with Crippen LogP contribution in [-0.2, 0) is 13.1 Å². The summed E-state index contributed by atoms with van der Waals surface area (Å²) in [5, 5.41) is 21.9. The largest absolute Gasteiger partial charge is 0.492 e. The van der Waals surface area contributed by atoms with Gasteiger partial charge in [-0.2, -0.15) is 20.4 Å². The first-order valence-corrected chi connectivity index (χ1v) is 24.3. The third-order valence-corrected chi connectivity index (χ3v) is 11.7. The van der Waals surface area contributed by atoms with E-state index in [1.807, 2.05) is 0 Å². The van der Waals surface area contributed by atoms with Crippen molar-refractivity contribution in [2.24, 2.45) is 0 Å². The number of rotatable bonds is 19. The van der Waals surface area contributed by atoms with Gasteiger partial charge in [-0.1, -0.05) is 164 Å². The summed E-state index contributed by atoms with van der Waals surface area (Å²) in [6, 6.07) is 11.7. The van der Waals surface area contributed by atoms with Gasteiger partial charge >= 0.3 is 0 Å². The Balaban J connectivity index is 0.000000253. The van der Waals surface area contributed by atoms with Gasteiger partial charge in [0.25, 0.3) is 22.2 Å². The number of aromatic amines is 2. The summed E-state index contributed by atoms with van der Waals surface area (Å²) in [5.74, 6) is 1.16. The van der Waals surface area contributed by atoms with Crippen molar-refractivity contribution in [1.29, 1.82) is 0 Å². The maximum absolute atomic E-state index is 12.3. The molecule has 15 nitrogen and oxygen atoms in total. The van der Waals surface area contributed by atoms with E-state index in [-0.39, 0.29) is 32.2 Å². The average molecular weight is 1100 g/mol. The maximum atomic E-state index is 12.3. The maximum Gasteiger partial charge on any atom is 0.289 e. The number of halogens is 8. The number of benzene rings is 2. The lowest BCUT2D eigenvalue weighted by molar-refractivity contribution is 0.302. The molecule has 0 aliphatic heterocycles. The molecule has 23 heteroatoms. The molecular formula is C45H50Cl8N8O7. The second-order valence-electron chi connectivity index (χ2n) is 14.3. The van der Waals surface area contributed by atoms with Crippen molar-refractivity contribution in [3.8, 4) is 17.2 Å². The standard InChI is InChI=1S/C16H17Cl3N2O2.C16H18Cl2N2O2.C9H13ClN2O2.C4H2Cl2N2O/c1-2-3-4-7-23-14-9-20-21(16(22)15(14)19)10-11-5-6-12(17)8-13(11)18;1-2-3-4-7-22-14-9-16(21)20(19-10-14)11-12-5-6-13(17)8-15(12)18;1-2-3-4-5-14-7-6-11-12-9(13)8(7)10;5-2-1-7-8-4(9)3(2)6/h5-6,8-9H,2-4,7,10H2,1H3;5-6,8-10H,2-4,7,11H2,1H3;6H,2-5H2,1H3,(H,12,13);1H,(H,8,9).